The number of nitrogens with one attached hydrogen (secondary N) is 1. The quantitative estimate of drug-likeness (QED) is 0.852. The van der Waals surface area contributed by atoms with Gasteiger partial charge in [0.15, 0.2) is 18.1 Å². The van der Waals surface area contributed by atoms with Gasteiger partial charge >= 0.3 is 0 Å². The van der Waals surface area contributed by atoms with Crippen molar-refractivity contribution in [3.8, 4) is 17.2 Å². The van der Waals surface area contributed by atoms with Gasteiger partial charge in [0.2, 0.25) is 5.75 Å². The summed E-state index contributed by atoms with van der Waals surface area (Å²) >= 11 is 0. The van der Waals surface area contributed by atoms with E-state index in [4.69, 9.17) is 14.2 Å². The van der Waals surface area contributed by atoms with Crippen molar-refractivity contribution in [1.29, 1.82) is 0 Å². The van der Waals surface area contributed by atoms with E-state index in [1.807, 2.05) is 24.3 Å². The second-order valence-corrected chi connectivity index (χ2v) is 4.88. The summed E-state index contributed by atoms with van der Waals surface area (Å²) in [7, 11) is 3.08. The number of benzene rings is 2. The van der Waals surface area contributed by atoms with Crippen molar-refractivity contribution in [2.24, 2.45) is 0 Å². The Labute approximate surface area is 136 Å². The van der Waals surface area contributed by atoms with Crippen molar-refractivity contribution in [3.63, 3.8) is 0 Å². The minimum Gasteiger partial charge on any atom is -0.493 e. The number of rotatable bonds is 7. The number of hydrogen-bond donors (Lipinski definition) is 1. The Morgan fingerprint density at radius 3 is 2.13 bits per heavy atom. The largest absolute Gasteiger partial charge is 0.493 e. The molecule has 1 amide bonds. The number of methoxy groups -OCH3 is 2. The van der Waals surface area contributed by atoms with E-state index in [2.05, 4.69) is 12.2 Å². The highest BCUT2D eigenvalue weighted by molar-refractivity contribution is 5.91. The summed E-state index contributed by atoms with van der Waals surface area (Å²) in [6, 6.07) is 13.0. The summed E-state index contributed by atoms with van der Waals surface area (Å²) in [6.45, 7) is 1.95. The lowest BCUT2D eigenvalue weighted by Gasteiger charge is -2.14. The molecule has 0 aliphatic heterocycles. The number of anilines is 1. The molecule has 0 spiro atoms. The number of hydrogen-bond acceptors (Lipinski definition) is 4. The van der Waals surface area contributed by atoms with Crippen LogP contribution in [0.1, 0.15) is 12.5 Å². The van der Waals surface area contributed by atoms with E-state index >= 15 is 0 Å². The van der Waals surface area contributed by atoms with Crippen LogP contribution < -0.4 is 19.5 Å². The first kappa shape index (κ1) is 16.7. The van der Waals surface area contributed by atoms with Gasteiger partial charge in [0.05, 0.1) is 14.2 Å². The molecule has 5 heteroatoms. The maximum Gasteiger partial charge on any atom is 0.262 e. The molecule has 0 unspecified atom stereocenters. The van der Waals surface area contributed by atoms with Crippen LogP contribution in [0.5, 0.6) is 17.2 Å². The van der Waals surface area contributed by atoms with E-state index in [1.165, 1.54) is 19.8 Å². The van der Waals surface area contributed by atoms with E-state index in [-0.39, 0.29) is 12.5 Å². The van der Waals surface area contributed by atoms with Gasteiger partial charge in [0.25, 0.3) is 5.91 Å². The second-order valence-electron chi connectivity index (χ2n) is 4.88. The van der Waals surface area contributed by atoms with Gasteiger partial charge in [0, 0.05) is 5.69 Å². The summed E-state index contributed by atoms with van der Waals surface area (Å²) in [4.78, 5) is 12.0. The Balaban J connectivity index is 1.98. The molecule has 0 radical (unpaired) electrons. The smallest absolute Gasteiger partial charge is 0.262 e. The van der Waals surface area contributed by atoms with Gasteiger partial charge < -0.3 is 19.5 Å². The van der Waals surface area contributed by atoms with Crippen LogP contribution in [0, 0.1) is 0 Å². The van der Waals surface area contributed by atoms with Crippen LogP contribution in [0.4, 0.5) is 5.69 Å². The number of amides is 1. The third kappa shape index (κ3) is 4.39. The number of carbonyl (C=O) groups is 1. The molecule has 2 aromatic carbocycles. The lowest BCUT2D eigenvalue weighted by molar-refractivity contribution is -0.118. The van der Waals surface area contributed by atoms with Crippen LogP contribution in [-0.4, -0.2) is 26.7 Å². The maximum absolute atomic E-state index is 12.0. The molecule has 0 atom stereocenters. The minimum absolute atomic E-state index is 0.133. The fourth-order valence-corrected chi connectivity index (χ4v) is 2.12. The fourth-order valence-electron chi connectivity index (χ4n) is 2.12. The molecule has 0 aliphatic carbocycles. The van der Waals surface area contributed by atoms with E-state index in [0.29, 0.717) is 17.2 Å². The summed E-state index contributed by atoms with van der Waals surface area (Å²) in [5.41, 5.74) is 1.96. The molecule has 1 N–H and O–H groups in total. The first-order chi connectivity index (χ1) is 11.2. The van der Waals surface area contributed by atoms with E-state index < -0.39 is 0 Å². The molecule has 122 valence electrons. The van der Waals surface area contributed by atoms with E-state index in [9.17, 15) is 4.79 Å². The van der Waals surface area contributed by atoms with Crippen LogP contribution >= 0.6 is 0 Å². The van der Waals surface area contributed by atoms with Gasteiger partial charge in [0.1, 0.15) is 0 Å². The molecule has 0 heterocycles. The zero-order valence-electron chi connectivity index (χ0n) is 13.6. The maximum atomic E-state index is 12.0. The highest BCUT2D eigenvalue weighted by Gasteiger charge is 2.13. The minimum atomic E-state index is -0.248. The Hall–Kier alpha value is -2.69. The molecular formula is C18H21NO4. The summed E-state index contributed by atoms with van der Waals surface area (Å²) in [5.74, 6) is 1.20. The van der Waals surface area contributed by atoms with Crippen LogP contribution in [0.3, 0.4) is 0 Å². The van der Waals surface area contributed by atoms with Gasteiger partial charge in [-0.3, -0.25) is 4.79 Å². The molecule has 0 bridgehead atoms. The predicted molar refractivity (Wildman–Crippen MR) is 89.5 cm³/mol. The van der Waals surface area contributed by atoms with Gasteiger partial charge in [-0.1, -0.05) is 25.1 Å². The Kier molecular flexibility index (Phi) is 5.86. The molecule has 2 aromatic rings. The van der Waals surface area contributed by atoms with Crippen molar-refractivity contribution >= 4 is 11.6 Å². The van der Waals surface area contributed by atoms with Crippen molar-refractivity contribution in [3.05, 3.63) is 48.0 Å². The molecule has 2 rings (SSSR count). The van der Waals surface area contributed by atoms with E-state index in [1.54, 1.807) is 18.2 Å². The number of carbonyl (C=O) groups excluding carboxylic acids is 1. The first-order valence-corrected chi connectivity index (χ1v) is 7.40. The van der Waals surface area contributed by atoms with Gasteiger partial charge in [-0.05, 0) is 36.2 Å². The number of aryl methyl sites for hydroxylation is 1. The average molecular weight is 315 g/mol. The molecule has 23 heavy (non-hydrogen) atoms. The molecule has 0 saturated heterocycles. The fraction of sp³-hybridized carbons (Fsp3) is 0.278. The molecule has 0 saturated carbocycles. The van der Waals surface area contributed by atoms with Crippen LogP contribution in [0.2, 0.25) is 0 Å². The number of ether oxygens (including phenoxy) is 3. The predicted octanol–water partition coefficient (Wildman–Crippen LogP) is 3.28. The summed E-state index contributed by atoms with van der Waals surface area (Å²) < 4.78 is 16.0. The molecular weight excluding hydrogens is 294 g/mol. The van der Waals surface area contributed by atoms with Crippen molar-refractivity contribution in [2.45, 2.75) is 13.3 Å². The van der Waals surface area contributed by atoms with Crippen molar-refractivity contribution in [1.82, 2.24) is 0 Å². The number of para-hydroxylation sites is 1. The molecule has 0 fully saturated rings. The zero-order chi connectivity index (χ0) is 16.7. The van der Waals surface area contributed by atoms with E-state index in [0.717, 1.165) is 12.1 Å². The lowest BCUT2D eigenvalue weighted by Crippen LogP contribution is -2.20. The molecule has 0 aromatic heterocycles. The van der Waals surface area contributed by atoms with Crippen LogP contribution in [0.15, 0.2) is 42.5 Å². The SMILES string of the molecule is CCc1ccc(NC(=O)COc2c(OC)cccc2OC)cc1. The molecule has 5 nitrogen and oxygen atoms in total. The third-order valence-electron chi connectivity index (χ3n) is 3.38. The second kappa shape index (κ2) is 8.08. The first-order valence-electron chi connectivity index (χ1n) is 7.40. The summed E-state index contributed by atoms with van der Waals surface area (Å²) in [5, 5.41) is 2.79. The van der Waals surface area contributed by atoms with Gasteiger partial charge in [-0.2, -0.15) is 0 Å². The highest BCUT2D eigenvalue weighted by Crippen LogP contribution is 2.36. The zero-order valence-corrected chi connectivity index (χ0v) is 13.6. The standard InChI is InChI=1S/C18H21NO4/c1-4-13-8-10-14(11-9-13)19-17(20)12-23-18-15(21-2)6-5-7-16(18)22-3/h5-11H,4,12H2,1-3H3,(H,19,20). The monoisotopic (exact) mass is 315 g/mol. The Morgan fingerprint density at radius 1 is 1.00 bits per heavy atom. The molecule has 0 aliphatic rings. The topological polar surface area (TPSA) is 56.8 Å². The van der Waals surface area contributed by atoms with Crippen molar-refractivity contribution in [2.75, 3.05) is 26.1 Å². The van der Waals surface area contributed by atoms with Crippen molar-refractivity contribution < 1.29 is 19.0 Å². The van der Waals surface area contributed by atoms with Crippen LogP contribution in [-0.2, 0) is 11.2 Å². The van der Waals surface area contributed by atoms with Gasteiger partial charge in [-0.25, -0.2) is 0 Å². The highest BCUT2D eigenvalue weighted by atomic mass is 16.5. The third-order valence-corrected chi connectivity index (χ3v) is 3.38. The lowest BCUT2D eigenvalue weighted by atomic mass is 10.1. The van der Waals surface area contributed by atoms with Gasteiger partial charge in [-0.15, -0.1) is 0 Å². The average Bonchev–Trinajstić information content (AvgIpc) is 2.60. The Morgan fingerprint density at radius 2 is 1.61 bits per heavy atom. The van der Waals surface area contributed by atoms with Crippen LogP contribution in [0.25, 0.3) is 0 Å². The normalized spacial score (nSPS) is 10.0. The Bertz CT molecular complexity index is 630. The summed E-state index contributed by atoms with van der Waals surface area (Å²) in [6.07, 6.45) is 0.963.